The molecule has 0 bridgehead atoms. The van der Waals surface area contributed by atoms with Crippen LogP contribution in [-0.2, 0) is 0 Å². The van der Waals surface area contributed by atoms with Crippen LogP contribution in [0.25, 0.3) is 0 Å². The van der Waals surface area contributed by atoms with Crippen molar-refractivity contribution in [1.29, 1.82) is 0 Å². The van der Waals surface area contributed by atoms with Crippen molar-refractivity contribution in [2.45, 2.75) is 38.7 Å². The maximum atomic E-state index is 12.1. The largest absolute Gasteiger partial charge is 0.388 e. The molecule has 2 aromatic rings. The zero-order valence-corrected chi connectivity index (χ0v) is 12.8. The normalized spacial score (nSPS) is 11.9. The molecule has 4 nitrogen and oxygen atoms in total. The highest BCUT2D eigenvalue weighted by molar-refractivity contribution is 6.02. The maximum absolute atomic E-state index is 12.1. The molecule has 0 fully saturated rings. The smallest absolute Gasteiger partial charge is 0.274 e. The fourth-order valence-corrected chi connectivity index (χ4v) is 2.27. The number of aliphatic hydroxyl groups excluding tert-OH is 1. The molecule has 1 unspecified atom stereocenters. The zero-order chi connectivity index (χ0) is 15.8. The van der Waals surface area contributed by atoms with Crippen molar-refractivity contribution in [3.05, 3.63) is 59.9 Å². The van der Waals surface area contributed by atoms with Gasteiger partial charge in [0.05, 0.1) is 6.10 Å². The van der Waals surface area contributed by atoms with E-state index in [9.17, 15) is 9.90 Å². The average Bonchev–Trinajstić information content (AvgIpc) is 2.56. The summed E-state index contributed by atoms with van der Waals surface area (Å²) in [5.41, 5.74) is 1.87. The van der Waals surface area contributed by atoms with E-state index < -0.39 is 6.10 Å². The SMILES string of the molecule is CCCCCC(O)c1cccc(NC(=O)c2ccccn2)c1. The highest BCUT2D eigenvalue weighted by Gasteiger charge is 2.10. The number of anilines is 1. The summed E-state index contributed by atoms with van der Waals surface area (Å²) >= 11 is 0. The third kappa shape index (κ3) is 4.67. The molecule has 0 radical (unpaired) electrons. The Morgan fingerprint density at radius 1 is 1.23 bits per heavy atom. The number of nitrogens with zero attached hydrogens (tertiary/aromatic N) is 1. The topological polar surface area (TPSA) is 62.2 Å². The number of hydrogen-bond acceptors (Lipinski definition) is 3. The molecule has 0 saturated carbocycles. The molecule has 0 aliphatic heterocycles. The van der Waals surface area contributed by atoms with E-state index in [2.05, 4.69) is 17.2 Å². The van der Waals surface area contributed by atoms with Crippen LogP contribution in [0.15, 0.2) is 48.7 Å². The predicted molar refractivity (Wildman–Crippen MR) is 87.7 cm³/mol. The van der Waals surface area contributed by atoms with Crippen molar-refractivity contribution in [3.63, 3.8) is 0 Å². The lowest BCUT2D eigenvalue weighted by molar-refractivity contribution is 0.102. The molecule has 1 aromatic carbocycles. The minimum Gasteiger partial charge on any atom is -0.388 e. The Morgan fingerprint density at radius 3 is 2.82 bits per heavy atom. The van der Waals surface area contributed by atoms with Crippen molar-refractivity contribution < 1.29 is 9.90 Å². The lowest BCUT2D eigenvalue weighted by Crippen LogP contribution is -2.13. The Balaban J connectivity index is 2.00. The number of pyridine rings is 1. The highest BCUT2D eigenvalue weighted by atomic mass is 16.3. The van der Waals surface area contributed by atoms with Gasteiger partial charge in [-0.3, -0.25) is 9.78 Å². The molecular weight excluding hydrogens is 276 g/mol. The van der Waals surface area contributed by atoms with Gasteiger partial charge >= 0.3 is 0 Å². The van der Waals surface area contributed by atoms with E-state index in [1.807, 2.05) is 24.3 Å². The summed E-state index contributed by atoms with van der Waals surface area (Å²) in [6, 6.07) is 12.6. The molecule has 1 atom stereocenters. The summed E-state index contributed by atoms with van der Waals surface area (Å²) in [6.45, 7) is 2.14. The van der Waals surface area contributed by atoms with Crippen LogP contribution < -0.4 is 5.32 Å². The first kappa shape index (κ1) is 16.2. The van der Waals surface area contributed by atoms with Gasteiger partial charge < -0.3 is 10.4 Å². The number of unbranched alkanes of at least 4 members (excludes halogenated alkanes) is 2. The Morgan fingerprint density at radius 2 is 2.09 bits per heavy atom. The molecular formula is C18H22N2O2. The molecule has 1 amide bonds. The first-order chi connectivity index (χ1) is 10.7. The number of hydrogen-bond donors (Lipinski definition) is 2. The van der Waals surface area contributed by atoms with E-state index in [1.54, 1.807) is 24.4 Å². The van der Waals surface area contributed by atoms with Crippen LogP contribution in [0.2, 0.25) is 0 Å². The second kappa shape index (κ2) is 8.29. The summed E-state index contributed by atoms with van der Waals surface area (Å²) in [5, 5.41) is 13.0. The monoisotopic (exact) mass is 298 g/mol. The van der Waals surface area contributed by atoms with Crippen molar-refractivity contribution in [3.8, 4) is 0 Å². The van der Waals surface area contributed by atoms with Gasteiger partial charge in [0.25, 0.3) is 5.91 Å². The number of nitrogens with one attached hydrogen (secondary N) is 1. The number of rotatable bonds is 7. The quantitative estimate of drug-likeness (QED) is 0.761. The Hall–Kier alpha value is -2.20. The van der Waals surface area contributed by atoms with Crippen LogP contribution in [0.1, 0.15) is 54.8 Å². The first-order valence-corrected chi connectivity index (χ1v) is 7.71. The van der Waals surface area contributed by atoms with Crippen LogP contribution in [0, 0.1) is 0 Å². The first-order valence-electron chi connectivity index (χ1n) is 7.71. The highest BCUT2D eigenvalue weighted by Crippen LogP contribution is 2.22. The number of carbonyl (C=O) groups is 1. The molecule has 2 N–H and O–H groups in total. The summed E-state index contributed by atoms with van der Waals surface area (Å²) in [6.07, 6.45) is 5.09. The minimum atomic E-state index is -0.488. The molecule has 1 aromatic heterocycles. The molecule has 22 heavy (non-hydrogen) atoms. The number of aromatic nitrogens is 1. The molecule has 0 aliphatic carbocycles. The van der Waals surface area contributed by atoms with E-state index in [0.29, 0.717) is 11.4 Å². The van der Waals surface area contributed by atoms with Crippen molar-refractivity contribution >= 4 is 11.6 Å². The van der Waals surface area contributed by atoms with Gasteiger partial charge in [-0.05, 0) is 36.2 Å². The molecule has 0 saturated heterocycles. The van der Waals surface area contributed by atoms with Crippen molar-refractivity contribution in [1.82, 2.24) is 4.98 Å². The van der Waals surface area contributed by atoms with Crippen LogP contribution in [0.3, 0.4) is 0 Å². The summed E-state index contributed by atoms with van der Waals surface area (Å²) in [5.74, 6) is -0.252. The third-order valence-corrected chi connectivity index (χ3v) is 3.51. The lowest BCUT2D eigenvalue weighted by Gasteiger charge is -2.12. The van der Waals surface area contributed by atoms with Crippen molar-refractivity contribution in [2.24, 2.45) is 0 Å². The molecule has 116 valence electrons. The van der Waals surface area contributed by atoms with E-state index >= 15 is 0 Å². The second-order valence-corrected chi connectivity index (χ2v) is 5.31. The van der Waals surface area contributed by atoms with Crippen LogP contribution >= 0.6 is 0 Å². The van der Waals surface area contributed by atoms with Crippen LogP contribution in [-0.4, -0.2) is 16.0 Å². The third-order valence-electron chi connectivity index (χ3n) is 3.51. The number of carbonyl (C=O) groups excluding carboxylic acids is 1. The van der Waals surface area contributed by atoms with E-state index in [4.69, 9.17) is 0 Å². The van der Waals surface area contributed by atoms with E-state index in [0.717, 1.165) is 31.2 Å². The van der Waals surface area contributed by atoms with Crippen LogP contribution in [0.5, 0.6) is 0 Å². The molecule has 2 rings (SSSR count). The Bertz CT molecular complexity index is 599. The summed E-state index contributed by atoms with van der Waals surface area (Å²) < 4.78 is 0. The average molecular weight is 298 g/mol. The maximum Gasteiger partial charge on any atom is 0.274 e. The summed E-state index contributed by atoms with van der Waals surface area (Å²) in [4.78, 5) is 16.1. The van der Waals surface area contributed by atoms with Gasteiger partial charge in [-0.1, -0.05) is 44.4 Å². The zero-order valence-electron chi connectivity index (χ0n) is 12.8. The Kier molecular flexibility index (Phi) is 6.10. The van der Waals surface area contributed by atoms with E-state index in [1.165, 1.54) is 0 Å². The van der Waals surface area contributed by atoms with Gasteiger partial charge in [0.15, 0.2) is 0 Å². The predicted octanol–water partition coefficient (Wildman–Crippen LogP) is 3.95. The van der Waals surface area contributed by atoms with Gasteiger partial charge in [-0.25, -0.2) is 0 Å². The van der Waals surface area contributed by atoms with Gasteiger partial charge in [-0.15, -0.1) is 0 Å². The molecule has 4 heteroatoms. The number of amides is 1. The van der Waals surface area contributed by atoms with Gasteiger partial charge in [0.2, 0.25) is 0 Å². The minimum absolute atomic E-state index is 0.252. The fourth-order valence-electron chi connectivity index (χ4n) is 2.27. The van der Waals surface area contributed by atoms with Crippen molar-refractivity contribution in [2.75, 3.05) is 5.32 Å². The molecule has 0 spiro atoms. The Labute approximate surface area is 131 Å². The standard InChI is InChI=1S/C18H22N2O2/c1-2-3-4-11-17(21)14-8-7-9-15(13-14)20-18(22)16-10-5-6-12-19-16/h5-10,12-13,17,21H,2-4,11H2,1H3,(H,20,22). The van der Waals surface area contributed by atoms with Gasteiger partial charge in [0, 0.05) is 11.9 Å². The molecule has 1 heterocycles. The fraction of sp³-hybridized carbons (Fsp3) is 0.333. The number of aliphatic hydroxyl groups is 1. The molecule has 0 aliphatic rings. The van der Waals surface area contributed by atoms with Gasteiger partial charge in [-0.2, -0.15) is 0 Å². The van der Waals surface area contributed by atoms with E-state index in [-0.39, 0.29) is 5.91 Å². The van der Waals surface area contributed by atoms with Crippen LogP contribution in [0.4, 0.5) is 5.69 Å². The van der Waals surface area contributed by atoms with Gasteiger partial charge in [0.1, 0.15) is 5.69 Å². The number of benzene rings is 1. The summed E-state index contributed by atoms with van der Waals surface area (Å²) in [7, 11) is 0. The lowest BCUT2D eigenvalue weighted by atomic mass is 10.0. The second-order valence-electron chi connectivity index (χ2n) is 5.31.